The number of anilines is 2. The van der Waals surface area contributed by atoms with Crippen molar-refractivity contribution in [3.63, 3.8) is 0 Å². The lowest BCUT2D eigenvalue weighted by atomic mass is 10.1. The lowest BCUT2D eigenvalue weighted by molar-refractivity contribution is 0.628. The van der Waals surface area contributed by atoms with Gasteiger partial charge in [0, 0.05) is 23.5 Å². The van der Waals surface area contributed by atoms with Crippen LogP contribution in [0.5, 0.6) is 0 Å². The molecule has 0 spiro atoms. The summed E-state index contributed by atoms with van der Waals surface area (Å²) in [6.07, 6.45) is 3.83. The van der Waals surface area contributed by atoms with Crippen LogP contribution in [-0.4, -0.2) is 12.1 Å². The Bertz CT molecular complexity index is 373. The zero-order chi connectivity index (χ0) is 11.7. The monoisotopic (exact) mass is 218 g/mol. The van der Waals surface area contributed by atoms with Crippen LogP contribution in [0.2, 0.25) is 0 Å². The van der Waals surface area contributed by atoms with E-state index < -0.39 is 0 Å². The van der Waals surface area contributed by atoms with Gasteiger partial charge in [0.25, 0.3) is 0 Å². The van der Waals surface area contributed by atoms with Crippen molar-refractivity contribution in [1.82, 2.24) is 0 Å². The third-order valence-corrected chi connectivity index (χ3v) is 3.82. The van der Waals surface area contributed by atoms with Crippen molar-refractivity contribution in [2.45, 2.75) is 52.1 Å². The zero-order valence-electron chi connectivity index (χ0n) is 10.5. The summed E-state index contributed by atoms with van der Waals surface area (Å²) >= 11 is 0. The summed E-state index contributed by atoms with van der Waals surface area (Å²) in [5, 5.41) is 0. The van der Waals surface area contributed by atoms with Crippen molar-refractivity contribution in [2.75, 3.05) is 10.6 Å². The molecule has 2 heteroatoms. The lowest BCUT2D eigenvalue weighted by Gasteiger charge is -2.30. The van der Waals surface area contributed by atoms with Gasteiger partial charge in [0.2, 0.25) is 0 Å². The minimum Gasteiger partial charge on any atom is -0.398 e. The molecule has 2 unspecified atom stereocenters. The molecule has 1 saturated heterocycles. The van der Waals surface area contributed by atoms with E-state index in [1.807, 2.05) is 0 Å². The fourth-order valence-electron chi connectivity index (χ4n) is 2.73. The van der Waals surface area contributed by atoms with Crippen LogP contribution in [-0.2, 0) is 0 Å². The molecule has 0 aliphatic carbocycles. The van der Waals surface area contributed by atoms with Crippen molar-refractivity contribution in [1.29, 1.82) is 0 Å². The fraction of sp³-hybridized carbons (Fsp3) is 0.571. The van der Waals surface area contributed by atoms with Crippen LogP contribution in [0.25, 0.3) is 0 Å². The molecule has 2 N–H and O–H groups in total. The van der Waals surface area contributed by atoms with E-state index in [0.29, 0.717) is 12.1 Å². The first-order valence-corrected chi connectivity index (χ1v) is 6.28. The lowest BCUT2D eigenvalue weighted by Crippen LogP contribution is -2.34. The number of rotatable bonds is 2. The number of hydrogen-bond acceptors (Lipinski definition) is 2. The molecule has 0 amide bonds. The predicted molar refractivity (Wildman–Crippen MR) is 70.8 cm³/mol. The molecule has 16 heavy (non-hydrogen) atoms. The molecule has 2 rings (SSSR count). The van der Waals surface area contributed by atoms with Crippen LogP contribution in [0.1, 0.15) is 38.7 Å². The number of nitrogen functional groups attached to an aromatic ring is 1. The van der Waals surface area contributed by atoms with E-state index in [-0.39, 0.29) is 0 Å². The van der Waals surface area contributed by atoms with Gasteiger partial charge in [0.1, 0.15) is 0 Å². The van der Waals surface area contributed by atoms with Crippen molar-refractivity contribution in [3.8, 4) is 0 Å². The molecule has 1 aromatic rings. The maximum atomic E-state index is 5.99. The highest BCUT2D eigenvalue weighted by atomic mass is 15.2. The number of nitrogens with two attached hydrogens (primary N) is 1. The molecular weight excluding hydrogens is 196 g/mol. The normalized spacial score (nSPS) is 25.1. The Morgan fingerprint density at radius 2 is 2.12 bits per heavy atom. The van der Waals surface area contributed by atoms with Gasteiger partial charge in [-0.2, -0.15) is 0 Å². The van der Waals surface area contributed by atoms with Crippen molar-refractivity contribution >= 4 is 11.4 Å². The summed E-state index contributed by atoms with van der Waals surface area (Å²) in [6.45, 7) is 6.64. The quantitative estimate of drug-likeness (QED) is 0.771. The molecule has 88 valence electrons. The SMILES string of the molecule is CCC1CCC(C)N1c1ccc(C)c(N)c1. The van der Waals surface area contributed by atoms with Crippen molar-refractivity contribution in [2.24, 2.45) is 0 Å². The van der Waals surface area contributed by atoms with E-state index in [1.54, 1.807) is 0 Å². The van der Waals surface area contributed by atoms with Gasteiger partial charge in [-0.15, -0.1) is 0 Å². The summed E-state index contributed by atoms with van der Waals surface area (Å²) < 4.78 is 0. The zero-order valence-corrected chi connectivity index (χ0v) is 10.5. The Labute approximate surface area is 98.4 Å². The summed E-state index contributed by atoms with van der Waals surface area (Å²) in [6, 6.07) is 7.79. The van der Waals surface area contributed by atoms with E-state index in [9.17, 15) is 0 Å². The van der Waals surface area contributed by atoms with Gasteiger partial charge < -0.3 is 10.6 Å². The predicted octanol–water partition coefficient (Wildman–Crippen LogP) is 3.34. The average molecular weight is 218 g/mol. The van der Waals surface area contributed by atoms with Crippen molar-refractivity contribution in [3.05, 3.63) is 23.8 Å². The highest BCUT2D eigenvalue weighted by Gasteiger charge is 2.29. The second-order valence-electron chi connectivity index (χ2n) is 4.94. The Balaban J connectivity index is 2.31. The van der Waals surface area contributed by atoms with E-state index >= 15 is 0 Å². The first-order valence-electron chi connectivity index (χ1n) is 6.28. The summed E-state index contributed by atoms with van der Waals surface area (Å²) in [7, 11) is 0. The largest absolute Gasteiger partial charge is 0.398 e. The van der Waals surface area contributed by atoms with Gasteiger partial charge in [-0.25, -0.2) is 0 Å². The molecule has 2 atom stereocenters. The third kappa shape index (κ3) is 1.89. The highest BCUT2D eigenvalue weighted by molar-refractivity contribution is 5.61. The molecular formula is C14H22N2. The van der Waals surface area contributed by atoms with Crippen LogP contribution in [0, 0.1) is 6.92 Å². The van der Waals surface area contributed by atoms with Crippen molar-refractivity contribution < 1.29 is 0 Å². The second kappa shape index (κ2) is 4.36. The van der Waals surface area contributed by atoms with Crippen LogP contribution in [0.3, 0.4) is 0 Å². The minimum absolute atomic E-state index is 0.645. The van der Waals surface area contributed by atoms with Gasteiger partial charge >= 0.3 is 0 Å². The standard InChI is InChI=1S/C14H22N2/c1-4-12-8-6-11(3)16(12)13-7-5-10(2)14(15)9-13/h5,7,9,11-12H,4,6,8,15H2,1-3H3. The van der Waals surface area contributed by atoms with Gasteiger partial charge in [0.05, 0.1) is 0 Å². The second-order valence-corrected chi connectivity index (χ2v) is 4.94. The van der Waals surface area contributed by atoms with Crippen LogP contribution < -0.4 is 10.6 Å². The number of benzene rings is 1. The average Bonchev–Trinajstić information content (AvgIpc) is 2.64. The maximum Gasteiger partial charge on any atom is 0.0391 e. The summed E-state index contributed by atoms with van der Waals surface area (Å²) in [5.74, 6) is 0. The summed E-state index contributed by atoms with van der Waals surface area (Å²) in [4.78, 5) is 2.54. The van der Waals surface area contributed by atoms with E-state index in [4.69, 9.17) is 5.73 Å². The topological polar surface area (TPSA) is 29.3 Å². The molecule has 0 saturated carbocycles. The Hall–Kier alpha value is -1.18. The molecule has 1 aromatic carbocycles. The van der Waals surface area contributed by atoms with Gasteiger partial charge in [-0.3, -0.25) is 0 Å². The molecule has 0 aromatic heterocycles. The van der Waals surface area contributed by atoms with Gasteiger partial charge in [-0.05, 0) is 50.8 Å². The number of hydrogen-bond donors (Lipinski definition) is 1. The molecule has 1 fully saturated rings. The molecule has 1 heterocycles. The van der Waals surface area contributed by atoms with Gasteiger partial charge in [0.15, 0.2) is 0 Å². The highest BCUT2D eigenvalue weighted by Crippen LogP contribution is 2.33. The van der Waals surface area contributed by atoms with Crippen LogP contribution >= 0.6 is 0 Å². The van der Waals surface area contributed by atoms with Gasteiger partial charge in [-0.1, -0.05) is 13.0 Å². The third-order valence-electron chi connectivity index (χ3n) is 3.82. The van der Waals surface area contributed by atoms with E-state index in [1.165, 1.54) is 30.5 Å². The van der Waals surface area contributed by atoms with E-state index in [2.05, 4.69) is 43.9 Å². The van der Waals surface area contributed by atoms with Crippen LogP contribution in [0.4, 0.5) is 11.4 Å². The first kappa shape index (κ1) is 11.3. The molecule has 1 aliphatic rings. The number of aryl methyl sites for hydroxylation is 1. The van der Waals surface area contributed by atoms with E-state index in [0.717, 1.165) is 5.69 Å². The molecule has 2 nitrogen and oxygen atoms in total. The number of nitrogens with zero attached hydrogens (tertiary/aromatic N) is 1. The Kier molecular flexibility index (Phi) is 3.08. The fourth-order valence-corrected chi connectivity index (χ4v) is 2.73. The Morgan fingerprint density at radius 1 is 1.38 bits per heavy atom. The van der Waals surface area contributed by atoms with Crippen LogP contribution in [0.15, 0.2) is 18.2 Å². The smallest absolute Gasteiger partial charge is 0.0391 e. The summed E-state index contributed by atoms with van der Waals surface area (Å²) in [5.41, 5.74) is 9.36. The molecule has 0 radical (unpaired) electrons. The maximum absolute atomic E-state index is 5.99. The minimum atomic E-state index is 0.645. The molecule has 1 aliphatic heterocycles. The Morgan fingerprint density at radius 3 is 2.75 bits per heavy atom. The molecule has 0 bridgehead atoms. The first-order chi connectivity index (χ1) is 7.63.